The van der Waals surface area contributed by atoms with Crippen molar-refractivity contribution in [3.05, 3.63) is 52.2 Å². The predicted molar refractivity (Wildman–Crippen MR) is 84.8 cm³/mol. The number of halogens is 1. The fraction of sp³-hybridized carbons (Fsp3) is 0.267. The smallest absolute Gasteiger partial charge is 0.265 e. The Morgan fingerprint density at radius 1 is 1.26 bits per heavy atom. The Labute approximate surface area is 133 Å². The minimum Gasteiger partial charge on any atom is -0.490 e. The van der Waals surface area contributed by atoms with Crippen molar-refractivity contribution in [3.63, 3.8) is 0 Å². The molecule has 23 heavy (non-hydrogen) atoms. The van der Waals surface area contributed by atoms with E-state index in [1.807, 2.05) is 0 Å². The maximum atomic E-state index is 13.5. The zero-order chi connectivity index (χ0) is 17.2. The van der Waals surface area contributed by atoms with Crippen LogP contribution < -0.4 is 15.0 Å². The number of nitrogens with one attached hydrogen (secondary N) is 2. The highest BCUT2D eigenvalue weighted by atomic mass is 32.2. The van der Waals surface area contributed by atoms with Gasteiger partial charge in [0.1, 0.15) is 16.5 Å². The molecule has 124 valence electrons. The average Bonchev–Trinajstić information content (AvgIpc) is 2.44. The summed E-state index contributed by atoms with van der Waals surface area (Å²) in [5, 5.41) is 0. The molecule has 0 unspecified atom stereocenters. The van der Waals surface area contributed by atoms with Gasteiger partial charge in [-0.15, -0.1) is 0 Å². The standard InChI is InChI=1S/C15H17FN2O4S/c1-9(2)22-13-5-4-11(16)7-14(13)23(20,21)18-12-6-10(3)15(19)17-8-12/h4-9,18H,1-3H3,(H,17,19). The molecule has 0 fully saturated rings. The molecule has 0 spiro atoms. The first-order chi connectivity index (χ1) is 10.7. The third-order valence-electron chi connectivity index (χ3n) is 2.90. The highest BCUT2D eigenvalue weighted by Crippen LogP contribution is 2.27. The second-order valence-electron chi connectivity index (χ2n) is 5.26. The van der Waals surface area contributed by atoms with E-state index in [0.717, 1.165) is 12.1 Å². The van der Waals surface area contributed by atoms with Gasteiger partial charge in [0, 0.05) is 11.8 Å². The third kappa shape index (κ3) is 4.10. The van der Waals surface area contributed by atoms with Crippen molar-refractivity contribution in [1.29, 1.82) is 0 Å². The van der Waals surface area contributed by atoms with E-state index in [1.165, 1.54) is 18.3 Å². The van der Waals surface area contributed by atoms with Gasteiger partial charge in [0.05, 0.1) is 11.8 Å². The molecule has 8 heteroatoms. The number of sulfonamides is 1. The largest absolute Gasteiger partial charge is 0.490 e. The van der Waals surface area contributed by atoms with Gasteiger partial charge in [0.15, 0.2) is 0 Å². The minimum atomic E-state index is -4.08. The van der Waals surface area contributed by atoms with Crippen LogP contribution in [-0.4, -0.2) is 19.5 Å². The molecule has 1 aromatic carbocycles. The van der Waals surface area contributed by atoms with Crippen LogP contribution in [0.1, 0.15) is 19.4 Å². The number of hydrogen-bond donors (Lipinski definition) is 2. The van der Waals surface area contributed by atoms with E-state index in [1.54, 1.807) is 20.8 Å². The van der Waals surface area contributed by atoms with Crippen molar-refractivity contribution in [1.82, 2.24) is 4.98 Å². The summed E-state index contributed by atoms with van der Waals surface area (Å²) in [6, 6.07) is 4.67. The summed E-state index contributed by atoms with van der Waals surface area (Å²) in [6.07, 6.45) is 0.958. The molecule has 0 aliphatic carbocycles. The van der Waals surface area contributed by atoms with Crippen molar-refractivity contribution in [2.45, 2.75) is 31.8 Å². The third-order valence-corrected chi connectivity index (χ3v) is 4.30. The van der Waals surface area contributed by atoms with E-state index in [4.69, 9.17) is 4.74 Å². The van der Waals surface area contributed by atoms with Crippen molar-refractivity contribution in [2.24, 2.45) is 0 Å². The number of hydrogen-bond acceptors (Lipinski definition) is 4. The van der Waals surface area contributed by atoms with Crippen molar-refractivity contribution < 1.29 is 17.5 Å². The molecule has 0 radical (unpaired) electrons. The number of aryl methyl sites for hydroxylation is 1. The van der Waals surface area contributed by atoms with E-state index in [9.17, 15) is 17.6 Å². The number of H-pyrrole nitrogens is 1. The molecule has 0 saturated carbocycles. The van der Waals surface area contributed by atoms with Crippen LogP contribution in [0, 0.1) is 12.7 Å². The number of aromatic nitrogens is 1. The van der Waals surface area contributed by atoms with Gasteiger partial charge in [-0.05, 0) is 45.0 Å². The number of aromatic amines is 1. The molecule has 0 atom stereocenters. The summed E-state index contributed by atoms with van der Waals surface area (Å²) in [5.74, 6) is -0.644. The first kappa shape index (κ1) is 17.0. The first-order valence-corrected chi connectivity index (χ1v) is 8.36. The Kier molecular flexibility index (Phi) is 4.74. The maximum Gasteiger partial charge on any atom is 0.265 e. The Morgan fingerprint density at radius 2 is 1.96 bits per heavy atom. The lowest BCUT2D eigenvalue weighted by molar-refractivity contribution is 0.235. The average molecular weight is 340 g/mol. The SMILES string of the molecule is Cc1cc(NS(=O)(=O)c2cc(F)ccc2OC(C)C)c[nH]c1=O. The zero-order valence-corrected chi connectivity index (χ0v) is 13.7. The highest BCUT2D eigenvalue weighted by Gasteiger charge is 2.22. The van der Waals surface area contributed by atoms with E-state index in [0.29, 0.717) is 5.56 Å². The lowest BCUT2D eigenvalue weighted by Gasteiger charge is -2.15. The lowest BCUT2D eigenvalue weighted by Crippen LogP contribution is -2.18. The number of benzene rings is 1. The van der Waals surface area contributed by atoms with Crippen LogP contribution in [0.3, 0.4) is 0 Å². The van der Waals surface area contributed by atoms with Gasteiger partial charge in [-0.2, -0.15) is 0 Å². The molecule has 2 aromatic rings. The molecule has 0 bridgehead atoms. The van der Waals surface area contributed by atoms with Crippen LogP contribution in [0.5, 0.6) is 5.75 Å². The lowest BCUT2D eigenvalue weighted by atomic mass is 10.3. The van der Waals surface area contributed by atoms with Crippen molar-refractivity contribution >= 4 is 15.7 Å². The van der Waals surface area contributed by atoms with E-state index < -0.39 is 15.8 Å². The summed E-state index contributed by atoms with van der Waals surface area (Å²) in [4.78, 5) is 13.4. The Bertz CT molecular complexity index is 875. The summed E-state index contributed by atoms with van der Waals surface area (Å²) >= 11 is 0. The maximum absolute atomic E-state index is 13.5. The molecule has 2 N–H and O–H groups in total. The van der Waals surface area contributed by atoms with E-state index in [2.05, 4.69) is 9.71 Å². The number of pyridine rings is 1. The molecular formula is C15H17FN2O4S. The van der Waals surface area contributed by atoms with Gasteiger partial charge < -0.3 is 9.72 Å². The first-order valence-electron chi connectivity index (χ1n) is 6.87. The van der Waals surface area contributed by atoms with Crippen LogP contribution in [0.4, 0.5) is 10.1 Å². The normalized spacial score (nSPS) is 11.5. The molecular weight excluding hydrogens is 323 g/mol. The van der Waals surface area contributed by atoms with Crippen LogP contribution in [0.15, 0.2) is 40.2 Å². The topological polar surface area (TPSA) is 88.3 Å². The van der Waals surface area contributed by atoms with Crippen molar-refractivity contribution in [3.8, 4) is 5.75 Å². The van der Waals surface area contributed by atoms with Gasteiger partial charge in [-0.3, -0.25) is 9.52 Å². The quantitative estimate of drug-likeness (QED) is 0.875. The van der Waals surface area contributed by atoms with Gasteiger partial charge >= 0.3 is 0 Å². The van der Waals surface area contributed by atoms with E-state index >= 15 is 0 Å². The zero-order valence-electron chi connectivity index (χ0n) is 12.9. The van der Waals surface area contributed by atoms with Crippen LogP contribution in [0.25, 0.3) is 0 Å². The summed E-state index contributed by atoms with van der Waals surface area (Å²) < 4.78 is 46.2. The second kappa shape index (κ2) is 6.41. The van der Waals surface area contributed by atoms with Gasteiger partial charge in [0.25, 0.3) is 15.6 Å². The van der Waals surface area contributed by atoms with Gasteiger partial charge in [0.2, 0.25) is 0 Å². The molecule has 1 heterocycles. The molecule has 6 nitrogen and oxygen atoms in total. The monoisotopic (exact) mass is 340 g/mol. The summed E-state index contributed by atoms with van der Waals surface area (Å²) in [6.45, 7) is 5.02. The summed E-state index contributed by atoms with van der Waals surface area (Å²) in [5.41, 5.74) is 0.201. The Balaban J connectivity index is 2.44. The Hall–Kier alpha value is -2.35. The fourth-order valence-corrected chi connectivity index (χ4v) is 3.10. The summed E-state index contributed by atoms with van der Waals surface area (Å²) in [7, 11) is -4.08. The Morgan fingerprint density at radius 3 is 2.57 bits per heavy atom. The van der Waals surface area contributed by atoms with Gasteiger partial charge in [-0.1, -0.05) is 0 Å². The number of anilines is 1. The van der Waals surface area contributed by atoms with Crippen LogP contribution in [0.2, 0.25) is 0 Å². The predicted octanol–water partition coefficient (Wildman–Crippen LogP) is 2.41. The van der Waals surface area contributed by atoms with Crippen molar-refractivity contribution in [2.75, 3.05) is 4.72 Å². The number of ether oxygens (including phenoxy) is 1. The minimum absolute atomic E-state index is 0.0510. The molecule has 0 aliphatic rings. The molecule has 0 aliphatic heterocycles. The van der Waals surface area contributed by atoms with Crippen LogP contribution in [-0.2, 0) is 10.0 Å². The fourth-order valence-electron chi connectivity index (χ4n) is 1.91. The number of rotatable bonds is 5. The second-order valence-corrected chi connectivity index (χ2v) is 6.91. The van der Waals surface area contributed by atoms with Crippen LogP contribution >= 0.6 is 0 Å². The van der Waals surface area contributed by atoms with Gasteiger partial charge in [-0.25, -0.2) is 12.8 Å². The molecule has 2 rings (SSSR count). The highest BCUT2D eigenvalue weighted by molar-refractivity contribution is 7.92. The molecule has 1 aromatic heterocycles. The molecule has 0 saturated heterocycles. The molecule has 0 amide bonds. The van der Waals surface area contributed by atoms with E-state index in [-0.39, 0.29) is 28.0 Å².